The molecule has 1 aromatic heterocycles. The van der Waals surface area contributed by atoms with Gasteiger partial charge < -0.3 is 9.15 Å². The highest BCUT2D eigenvalue weighted by Gasteiger charge is 2.27. The molecular formula is C15H16ClNO5S. The van der Waals surface area contributed by atoms with Crippen LogP contribution in [0.4, 0.5) is 0 Å². The van der Waals surface area contributed by atoms with Gasteiger partial charge >= 0.3 is 5.97 Å². The standard InChI is InChI=1S/C15H16ClNO5S/c1-3-17(9-11-6-7-22-10-11)23(19,20)14-8-12(15(18)21-2)4-5-13(14)16/h4-8,10H,3,9H2,1-2H3. The number of carbonyl (C=O) groups is 1. The highest BCUT2D eigenvalue weighted by molar-refractivity contribution is 7.89. The molecule has 0 aliphatic heterocycles. The number of esters is 1. The number of hydrogen-bond donors (Lipinski definition) is 0. The molecule has 0 saturated heterocycles. The normalized spacial score (nSPS) is 11.7. The Labute approximate surface area is 139 Å². The van der Waals surface area contributed by atoms with Gasteiger partial charge in [-0.15, -0.1) is 0 Å². The van der Waals surface area contributed by atoms with Crippen LogP contribution in [0.15, 0.2) is 46.1 Å². The first kappa shape index (κ1) is 17.5. The van der Waals surface area contributed by atoms with Crippen molar-refractivity contribution >= 4 is 27.6 Å². The van der Waals surface area contributed by atoms with Gasteiger partial charge in [0.2, 0.25) is 10.0 Å². The summed E-state index contributed by atoms with van der Waals surface area (Å²) in [5.74, 6) is -0.629. The Balaban J connectivity index is 2.42. The van der Waals surface area contributed by atoms with Gasteiger partial charge in [0.1, 0.15) is 4.90 Å². The number of furan rings is 1. The molecule has 8 heteroatoms. The van der Waals surface area contributed by atoms with Crippen molar-refractivity contribution in [3.05, 3.63) is 52.9 Å². The summed E-state index contributed by atoms with van der Waals surface area (Å²) < 4.78 is 36.5. The third-order valence-electron chi connectivity index (χ3n) is 3.26. The van der Waals surface area contributed by atoms with E-state index in [-0.39, 0.29) is 28.6 Å². The molecule has 0 amide bonds. The molecule has 0 spiro atoms. The molecule has 0 fully saturated rings. The van der Waals surface area contributed by atoms with Gasteiger partial charge in [-0.1, -0.05) is 18.5 Å². The highest BCUT2D eigenvalue weighted by atomic mass is 35.5. The average Bonchev–Trinajstić information content (AvgIpc) is 3.05. The van der Waals surface area contributed by atoms with Crippen LogP contribution >= 0.6 is 11.6 Å². The van der Waals surface area contributed by atoms with Crippen LogP contribution < -0.4 is 0 Å². The first-order valence-electron chi connectivity index (χ1n) is 6.79. The second kappa shape index (κ2) is 7.16. The topological polar surface area (TPSA) is 76.8 Å². The Kier molecular flexibility index (Phi) is 5.46. The van der Waals surface area contributed by atoms with E-state index < -0.39 is 16.0 Å². The number of halogens is 1. The summed E-state index contributed by atoms with van der Waals surface area (Å²) >= 11 is 6.04. The first-order valence-corrected chi connectivity index (χ1v) is 8.61. The number of nitrogens with zero attached hydrogens (tertiary/aromatic N) is 1. The van der Waals surface area contributed by atoms with Crippen LogP contribution in [0, 0.1) is 0 Å². The third-order valence-corrected chi connectivity index (χ3v) is 5.66. The molecule has 0 saturated carbocycles. The lowest BCUT2D eigenvalue weighted by Crippen LogP contribution is -2.30. The number of rotatable bonds is 6. The lowest BCUT2D eigenvalue weighted by molar-refractivity contribution is 0.0600. The van der Waals surface area contributed by atoms with Crippen LogP contribution in [0.1, 0.15) is 22.8 Å². The second-order valence-electron chi connectivity index (χ2n) is 4.70. The van der Waals surface area contributed by atoms with E-state index in [1.807, 2.05) is 0 Å². The number of sulfonamides is 1. The summed E-state index contributed by atoms with van der Waals surface area (Å²) in [6.07, 6.45) is 2.95. The van der Waals surface area contributed by atoms with Crippen molar-refractivity contribution in [3.8, 4) is 0 Å². The monoisotopic (exact) mass is 357 g/mol. The van der Waals surface area contributed by atoms with Gasteiger partial charge in [-0.3, -0.25) is 0 Å². The van der Waals surface area contributed by atoms with Crippen molar-refractivity contribution in [2.75, 3.05) is 13.7 Å². The number of methoxy groups -OCH3 is 1. The zero-order chi connectivity index (χ0) is 17.0. The van der Waals surface area contributed by atoms with Crippen LogP contribution in [-0.2, 0) is 21.3 Å². The SMILES string of the molecule is CCN(Cc1ccoc1)S(=O)(=O)c1cc(C(=O)OC)ccc1Cl. The quantitative estimate of drug-likeness (QED) is 0.743. The summed E-state index contributed by atoms with van der Waals surface area (Å²) in [6.45, 7) is 2.11. The molecule has 0 radical (unpaired) electrons. The van der Waals surface area contributed by atoms with E-state index in [9.17, 15) is 13.2 Å². The molecule has 124 valence electrons. The first-order chi connectivity index (χ1) is 10.9. The van der Waals surface area contributed by atoms with Gasteiger partial charge in [-0.2, -0.15) is 4.31 Å². The lowest BCUT2D eigenvalue weighted by Gasteiger charge is -2.20. The van der Waals surface area contributed by atoms with Crippen molar-refractivity contribution in [1.29, 1.82) is 0 Å². The fraction of sp³-hybridized carbons (Fsp3) is 0.267. The van der Waals surface area contributed by atoms with Crippen molar-refractivity contribution in [3.63, 3.8) is 0 Å². The van der Waals surface area contributed by atoms with Gasteiger partial charge in [0.25, 0.3) is 0 Å². The Bertz CT molecular complexity index is 786. The zero-order valence-electron chi connectivity index (χ0n) is 12.7. The Morgan fingerprint density at radius 1 is 1.35 bits per heavy atom. The van der Waals surface area contributed by atoms with Crippen LogP contribution in [0.25, 0.3) is 0 Å². The van der Waals surface area contributed by atoms with E-state index in [2.05, 4.69) is 4.74 Å². The van der Waals surface area contributed by atoms with E-state index in [1.165, 1.54) is 42.1 Å². The fourth-order valence-corrected chi connectivity index (χ4v) is 3.98. The highest BCUT2D eigenvalue weighted by Crippen LogP contribution is 2.27. The van der Waals surface area contributed by atoms with E-state index in [0.717, 1.165) is 5.56 Å². The van der Waals surface area contributed by atoms with Crippen LogP contribution in [-0.4, -0.2) is 32.3 Å². The average molecular weight is 358 g/mol. The minimum absolute atomic E-state index is 0.0447. The molecule has 6 nitrogen and oxygen atoms in total. The van der Waals surface area contributed by atoms with E-state index in [1.54, 1.807) is 13.0 Å². The van der Waals surface area contributed by atoms with Gasteiger partial charge in [-0.05, 0) is 24.3 Å². The zero-order valence-corrected chi connectivity index (χ0v) is 14.2. The van der Waals surface area contributed by atoms with E-state index >= 15 is 0 Å². The molecule has 1 heterocycles. The van der Waals surface area contributed by atoms with Gasteiger partial charge in [-0.25, -0.2) is 13.2 Å². The molecule has 1 aromatic carbocycles. The summed E-state index contributed by atoms with van der Waals surface area (Å²) in [5, 5.41) is 0.0447. The Morgan fingerprint density at radius 3 is 2.65 bits per heavy atom. The minimum atomic E-state index is -3.87. The number of ether oxygens (including phenoxy) is 1. The molecule has 0 aliphatic carbocycles. The van der Waals surface area contributed by atoms with Crippen molar-refractivity contribution in [2.45, 2.75) is 18.4 Å². The van der Waals surface area contributed by atoms with Crippen LogP contribution in [0.5, 0.6) is 0 Å². The largest absolute Gasteiger partial charge is 0.472 e. The predicted molar refractivity (Wildman–Crippen MR) is 84.8 cm³/mol. The van der Waals surface area contributed by atoms with Gasteiger partial charge in [0, 0.05) is 18.7 Å². The molecular weight excluding hydrogens is 342 g/mol. The molecule has 23 heavy (non-hydrogen) atoms. The Hall–Kier alpha value is -1.83. The molecule has 0 aliphatic rings. The number of carbonyl (C=O) groups excluding carboxylic acids is 1. The van der Waals surface area contributed by atoms with Crippen molar-refractivity contribution in [2.24, 2.45) is 0 Å². The predicted octanol–water partition coefficient (Wildman–Crippen LogP) is 2.93. The minimum Gasteiger partial charge on any atom is -0.472 e. The van der Waals surface area contributed by atoms with Gasteiger partial charge in [0.05, 0.1) is 30.2 Å². The maximum atomic E-state index is 12.8. The fourth-order valence-electron chi connectivity index (χ4n) is 2.04. The Morgan fingerprint density at radius 2 is 2.09 bits per heavy atom. The number of hydrogen-bond acceptors (Lipinski definition) is 5. The lowest BCUT2D eigenvalue weighted by atomic mass is 10.2. The molecule has 0 bridgehead atoms. The van der Waals surface area contributed by atoms with Crippen LogP contribution in [0.2, 0.25) is 5.02 Å². The summed E-state index contributed by atoms with van der Waals surface area (Å²) in [7, 11) is -2.65. The van der Waals surface area contributed by atoms with Crippen molar-refractivity contribution in [1.82, 2.24) is 4.31 Å². The molecule has 0 N–H and O–H groups in total. The second-order valence-corrected chi connectivity index (χ2v) is 7.01. The maximum Gasteiger partial charge on any atom is 0.337 e. The summed E-state index contributed by atoms with van der Waals surface area (Å²) in [6, 6.07) is 5.69. The number of benzene rings is 1. The van der Waals surface area contributed by atoms with E-state index in [0.29, 0.717) is 0 Å². The smallest absolute Gasteiger partial charge is 0.337 e. The summed E-state index contributed by atoms with van der Waals surface area (Å²) in [5.41, 5.74) is 0.838. The van der Waals surface area contributed by atoms with Gasteiger partial charge in [0.15, 0.2) is 0 Å². The van der Waals surface area contributed by atoms with Crippen molar-refractivity contribution < 1.29 is 22.4 Å². The van der Waals surface area contributed by atoms with Crippen LogP contribution in [0.3, 0.4) is 0 Å². The molecule has 0 unspecified atom stereocenters. The molecule has 2 rings (SSSR count). The summed E-state index contributed by atoms with van der Waals surface area (Å²) in [4.78, 5) is 11.5. The molecule has 0 atom stereocenters. The molecule has 2 aromatic rings. The van der Waals surface area contributed by atoms with E-state index in [4.69, 9.17) is 16.0 Å². The maximum absolute atomic E-state index is 12.8. The third kappa shape index (κ3) is 3.74.